The van der Waals surface area contributed by atoms with Gasteiger partial charge in [-0.3, -0.25) is 19.4 Å². The second-order valence-corrected chi connectivity index (χ2v) is 11.1. The van der Waals surface area contributed by atoms with Crippen molar-refractivity contribution in [1.82, 2.24) is 15.2 Å². The predicted octanol–water partition coefficient (Wildman–Crippen LogP) is 3.49. The molecule has 0 aliphatic heterocycles. The average Bonchev–Trinajstić information content (AvgIpc) is 3.00. The summed E-state index contributed by atoms with van der Waals surface area (Å²) in [6.07, 6.45) is 3.41. The van der Waals surface area contributed by atoms with Crippen molar-refractivity contribution < 1.29 is 27.9 Å². The standard InChI is InChI=1S/C31H30N4O6S/c32-42(40,41)24-13-11-22(12-14-24)15-18-35(19-16-29(36)37)31(39)28-10-4-2-8-26(28)25-7-1-3-9-27(25)30(38)34-21-23-6-5-17-33-20-23/h1-14,17,20H,15-16,18-19,21H2,(H,34,38)(H,36,37)(H2,32,40,41). The van der Waals surface area contributed by atoms with Crippen LogP contribution in [0.5, 0.6) is 0 Å². The van der Waals surface area contributed by atoms with Gasteiger partial charge in [0.1, 0.15) is 0 Å². The Bertz CT molecular complexity index is 1680. The molecule has 11 heteroatoms. The van der Waals surface area contributed by atoms with Gasteiger partial charge in [-0.1, -0.05) is 54.6 Å². The van der Waals surface area contributed by atoms with Crippen LogP contribution in [0, 0.1) is 0 Å². The number of aromatic nitrogens is 1. The van der Waals surface area contributed by atoms with Crippen LogP contribution in [-0.4, -0.2) is 54.3 Å². The Morgan fingerprint density at radius 2 is 1.45 bits per heavy atom. The highest BCUT2D eigenvalue weighted by atomic mass is 32.2. The number of hydrogen-bond donors (Lipinski definition) is 3. The molecule has 0 bridgehead atoms. The lowest BCUT2D eigenvalue weighted by atomic mass is 9.94. The van der Waals surface area contributed by atoms with E-state index >= 15 is 0 Å². The Morgan fingerprint density at radius 3 is 2.07 bits per heavy atom. The molecule has 10 nitrogen and oxygen atoms in total. The third-order valence-electron chi connectivity index (χ3n) is 6.60. The molecule has 4 N–H and O–H groups in total. The molecule has 2 amide bonds. The van der Waals surface area contributed by atoms with Crippen LogP contribution in [0.4, 0.5) is 0 Å². The number of primary sulfonamides is 1. The van der Waals surface area contributed by atoms with E-state index in [1.165, 1.54) is 17.0 Å². The Hall–Kier alpha value is -4.87. The predicted molar refractivity (Wildman–Crippen MR) is 157 cm³/mol. The number of rotatable bonds is 12. The van der Waals surface area contributed by atoms with Gasteiger partial charge in [0.05, 0.1) is 11.3 Å². The third kappa shape index (κ3) is 7.87. The minimum Gasteiger partial charge on any atom is -0.481 e. The molecule has 0 aliphatic carbocycles. The van der Waals surface area contributed by atoms with E-state index in [9.17, 15) is 27.9 Å². The van der Waals surface area contributed by atoms with Crippen molar-refractivity contribution in [2.24, 2.45) is 5.14 Å². The minimum absolute atomic E-state index is 0.0258. The fourth-order valence-electron chi connectivity index (χ4n) is 4.43. The first-order chi connectivity index (χ1) is 20.1. The maximum atomic E-state index is 13.9. The summed E-state index contributed by atoms with van der Waals surface area (Å²) in [5.74, 6) is -1.75. The maximum Gasteiger partial charge on any atom is 0.305 e. The van der Waals surface area contributed by atoms with Crippen molar-refractivity contribution in [2.75, 3.05) is 13.1 Å². The highest BCUT2D eigenvalue weighted by Gasteiger charge is 2.22. The van der Waals surface area contributed by atoms with Gasteiger partial charge in [0, 0.05) is 43.2 Å². The molecule has 4 rings (SSSR count). The van der Waals surface area contributed by atoms with Gasteiger partial charge >= 0.3 is 5.97 Å². The number of benzene rings is 3. The second-order valence-electron chi connectivity index (χ2n) is 9.51. The van der Waals surface area contributed by atoms with Crippen LogP contribution in [0.25, 0.3) is 11.1 Å². The smallest absolute Gasteiger partial charge is 0.305 e. The number of carboxylic acids is 1. The molecule has 1 heterocycles. The summed E-state index contributed by atoms with van der Waals surface area (Å²) in [6, 6.07) is 23.5. The molecule has 0 spiro atoms. The SMILES string of the molecule is NS(=O)(=O)c1ccc(CCN(CCC(=O)O)C(=O)c2ccccc2-c2ccccc2C(=O)NCc2cccnc2)cc1. The van der Waals surface area contributed by atoms with E-state index in [1.807, 2.05) is 6.07 Å². The van der Waals surface area contributed by atoms with Crippen LogP contribution in [0.1, 0.15) is 38.3 Å². The third-order valence-corrected chi connectivity index (χ3v) is 7.53. The van der Waals surface area contributed by atoms with Crippen molar-refractivity contribution in [3.8, 4) is 11.1 Å². The molecule has 3 aromatic carbocycles. The molecule has 1 aromatic heterocycles. The van der Waals surface area contributed by atoms with Gasteiger partial charge in [-0.25, -0.2) is 13.6 Å². The molecule has 0 radical (unpaired) electrons. The van der Waals surface area contributed by atoms with E-state index in [4.69, 9.17) is 5.14 Å². The Morgan fingerprint density at radius 1 is 0.810 bits per heavy atom. The van der Waals surface area contributed by atoms with Crippen molar-refractivity contribution in [3.63, 3.8) is 0 Å². The zero-order valence-corrected chi connectivity index (χ0v) is 23.5. The van der Waals surface area contributed by atoms with E-state index in [2.05, 4.69) is 10.3 Å². The summed E-state index contributed by atoms with van der Waals surface area (Å²) < 4.78 is 23.1. The minimum atomic E-state index is -3.84. The van der Waals surface area contributed by atoms with Crippen LogP contribution in [0.2, 0.25) is 0 Å². The molecule has 4 aromatic rings. The molecular formula is C31H30N4O6S. The summed E-state index contributed by atoms with van der Waals surface area (Å²) in [4.78, 5) is 44.0. The normalized spacial score (nSPS) is 11.1. The summed E-state index contributed by atoms with van der Waals surface area (Å²) >= 11 is 0. The number of sulfonamides is 1. The topological polar surface area (TPSA) is 160 Å². The van der Waals surface area contributed by atoms with Crippen LogP contribution < -0.4 is 10.5 Å². The van der Waals surface area contributed by atoms with Gasteiger partial charge in [0.2, 0.25) is 10.0 Å². The number of hydrogen-bond acceptors (Lipinski definition) is 6. The summed E-state index contributed by atoms with van der Waals surface area (Å²) in [6.45, 7) is 0.427. The molecule has 0 fully saturated rings. The van der Waals surface area contributed by atoms with E-state index in [1.54, 1.807) is 79.1 Å². The van der Waals surface area contributed by atoms with Gasteiger partial charge in [0.25, 0.3) is 11.8 Å². The number of carboxylic acid groups (broad SMARTS) is 1. The van der Waals surface area contributed by atoms with Gasteiger partial charge in [0.15, 0.2) is 0 Å². The lowest BCUT2D eigenvalue weighted by Crippen LogP contribution is -2.35. The summed E-state index contributed by atoms with van der Waals surface area (Å²) in [5, 5.41) is 17.4. The molecular weight excluding hydrogens is 556 g/mol. The fraction of sp³-hybridized carbons (Fsp3) is 0.161. The fourth-order valence-corrected chi connectivity index (χ4v) is 4.94. The molecule has 0 saturated heterocycles. The van der Waals surface area contributed by atoms with E-state index < -0.39 is 21.9 Å². The Balaban J connectivity index is 1.59. The zero-order chi connectivity index (χ0) is 30.1. The lowest BCUT2D eigenvalue weighted by molar-refractivity contribution is -0.137. The first-order valence-corrected chi connectivity index (χ1v) is 14.7. The van der Waals surface area contributed by atoms with Crippen molar-refractivity contribution in [1.29, 1.82) is 0 Å². The number of nitrogens with one attached hydrogen (secondary N) is 1. The van der Waals surface area contributed by atoms with Gasteiger partial charge < -0.3 is 15.3 Å². The van der Waals surface area contributed by atoms with Gasteiger partial charge in [-0.15, -0.1) is 0 Å². The largest absolute Gasteiger partial charge is 0.481 e. The number of nitrogens with zero attached hydrogens (tertiary/aromatic N) is 2. The first-order valence-electron chi connectivity index (χ1n) is 13.1. The van der Waals surface area contributed by atoms with Crippen molar-refractivity contribution >= 4 is 27.8 Å². The van der Waals surface area contributed by atoms with Crippen molar-refractivity contribution in [3.05, 3.63) is 120 Å². The van der Waals surface area contributed by atoms with E-state index in [0.29, 0.717) is 28.7 Å². The Labute approximate surface area is 243 Å². The molecule has 0 saturated carbocycles. The number of carbonyl (C=O) groups is 3. The zero-order valence-electron chi connectivity index (χ0n) is 22.6. The molecule has 0 unspecified atom stereocenters. The van der Waals surface area contributed by atoms with Crippen molar-refractivity contribution in [2.45, 2.75) is 24.3 Å². The lowest BCUT2D eigenvalue weighted by Gasteiger charge is -2.24. The highest BCUT2D eigenvalue weighted by Crippen LogP contribution is 2.28. The van der Waals surface area contributed by atoms with Gasteiger partial charge in [-0.2, -0.15) is 0 Å². The van der Waals surface area contributed by atoms with E-state index in [-0.39, 0.29) is 36.9 Å². The molecule has 0 atom stereocenters. The summed E-state index contributed by atoms with van der Waals surface area (Å²) in [5.41, 5.74) is 3.38. The van der Waals surface area contributed by atoms with Crippen LogP contribution in [0.3, 0.4) is 0 Å². The molecule has 216 valence electrons. The van der Waals surface area contributed by atoms with E-state index in [0.717, 1.165) is 11.1 Å². The number of aliphatic carboxylic acids is 1. The number of pyridine rings is 1. The van der Waals surface area contributed by atoms with Crippen LogP contribution in [0.15, 0.2) is 102 Å². The van der Waals surface area contributed by atoms with Crippen LogP contribution >= 0.6 is 0 Å². The van der Waals surface area contributed by atoms with Crippen LogP contribution in [-0.2, 0) is 27.8 Å². The first kappa shape index (κ1) is 30.1. The number of nitrogens with two attached hydrogens (primary N) is 1. The average molecular weight is 587 g/mol. The highest BCUT2D eigenvalue weighted by molar-refractivity contribution is 7.89. The Kier molecular flexibility index (Phi) is 9.79. The number of amides is 2. The molecule has 0 aliphatic rings. The summed E-state index contributed by atoms with van der Waals surface area (Å²) in [7, 11) is -3.84. The monoisotopic (exact) mass is 586 g/mol. The quantitative estimate of drug-likeness (QED) is 0.229. The number of carbonyl (C=O) groups excluding carboxylic acids is 2. The maximum absolute atomic E-state index is 13.9. The second kappa shape index (κ2) is 13.7. The molecule has 42 heavy (non-hydrogen) atoms. The van der Waals surface area contributed by atoms with Gasteiger partial charge in [-0.05, 0) is 59.0 Å².